The number of rotatable bonds is 9. The Balaban J connectivity index is 1.81. The average molecular weight is 352 g/mol. The second-order valence-electron chi connectivity index (χ2n) is 6.21. The van der Waals surface area contributed by atoms with Crippen LogP contribution in [0.2, 0.25) is 0 Å². The minimum absolute atomic E-state index is 0.345. The minimum Gasteiger partial charge on any atom is -0.385 e. The molecule has 142 valence electrons. The van der Waals surface area contributed by atoms with E-state index in [4.69, 9.17) is 19.0 Å². The van der Waals surface area contributed by atoms with E-state index in [2.05, 4.69) is 29.2 Å². The molecule has 2 rings (SSSR count). The fraction of sp³-hybridized carbons (Fsp3) is 0.778. The molecule has 1 fully saturated rings. The van der Waals surface area contributed by atoms with Gasteiger partial charge in [0.05, 0.1) is 11.8 Å². The van der Waals surface area contributed by atoms with Crippen molar-refractivity contribution in [3.63, 3.8) is 0 Å². The van der Waals surface area contributed by atoms with Gasteiger partial charge < -0.3 is 24.2 Å². The SMILES string of the molecule is CCNC(=NCc1cc(CC)no1)N1CCC(OCCCOC)CC1. The number of likely N-dealkylation sites (tertiary alicyclic amines) is 1. The first-order valence-corrected chi connectivity index (χ1v) is 9.35. The number of hydrogen-bond acceptors (Lipinski definition) is 5. The highest BCUT2D eigenvalue weighted by Gasteiger charge is 2.21. The van der Waals surface area contributed by atoms with Crippen LogP contribution in [0.15, 0.2) is 15.6 Å². The van der Waals surface area contributed by atoms with Crippen LogP contribution in [0.1, 0.15) is 44.6 Å². The van der Waals surface area contributed by atoms with Crippen molar-refractivity contribution in [2.24, 2.45) is 4.99 Å². The summed E-state index contributed by atoms with van der Waals surface area (Å²) in [6, 6.07) is 1.98. The molecule has 2 heterocycles. The second-order valence-corrected chi connectivity index (χ2v) is 6.21. The van der Waals surface area contributed by atoms with E-state index in [9.17, 15) is 0 Å². The number of piperidine rings is 1. The molecule has 0 aliphatic carbocycles. The van der Waals surface area contributed by atoms with Crippen molar-refractivity contribution in [2.75, 3.05) is 40.0 Å². The van der Waals surface area contributed by atoms with Crippen LogP contribution in [-0.2, 0) is 22.4 Å². The zero-order valence-electron chi connectivity index (χ0n) is 15.8. The number of aryl methyl sites for hydroxylation is 1. The number of nitrogens with zero attached hydrogens (tertiary/aromatic N) is 3. The second kappa shape index (κ2) is 11.1. The lowest BCUT2D eigenvalue weighted by Gasteiger charge is -2.34. The Hall–Kier alpha value is -1.60. The van der Waals surface area contributed by atoms with E-state index in [0.717, 1.165) is 75.9 Å². The van der Waals surface area contributed by atoms with Crippen LogP contribution in [0.5, 0.6) is 0 Å². The third-order valence-corrected chi connectivity index (χ3v) is 4.28. The highest BCUT2D eigenvalue weighted by Crippen LogP contribution is 2.15. The normalized spacial score (nSPS) is 16.4. The van der Waals surface area contributed by atoms with Gasteiger partial charge in [0.1, 0.15) is 6.54 Å². The molecule has 0 bridgehead atoms. The molecule has 0 unspecified atom stereocenters. The topological polar surface area (TPSA) is 72.1 Å². The van der Waals surface area contributed by atoms with Gasteiger partial charge in [-0.3, -0.25) is 0 Å². The fourth-order valence-corrected chi connectivity index (χ4v) is 2.86. The average Bonchev–Trinajstić information content (AvgIpc) is 3.11. The molecule has 1 N–H and O–H groups in total. The minimum atomic E-state index is 0.345. The lowest BCUT2D eigenvalue weighted by molar-refractivity contribution is 0.00989. The molecule has 25 heavy (non-hydrogen) atoms. The molecule has 1 aromatic heterocycles. The summed E-state index contributed by atoms with van der Waals surface area (Å²) in [7, 11) is 1.72. The Kier molecular flexibility index (Phi) is 8.76. The maximum Gasteiger partial charge on any atom is 0.194 e. The molecule has 7 nitrogen and oxygen atoms in total. The molecule has 7 heteroatoms. The highest BCUT2D eigenvalue weighted by atomic mass is 16.5. The lowest BCUT2D eigenvalue weighted by Crippen LogP contribution is -2.47. The standard InChI is InChI=1S/C18H32N4O3/c1-4-15-13-17(25-21-15)14-20-18(19-5-2)22-9-7-16(8-10-22)24-12-6-11-23-3/h13,16H,4-12,14H2,1-3H3,(H,19,20). The van der Waals surface area contributed by atoms with Gasteiger partial charge in [-0.25, -0.2) is 4.99 Å². The van der Waals surface area contributed by atoms with Crippen LogP contribution in [0, 0.1) is 0 Å². The molecule has 1 aromatic rings. The van der Waals surface area contributed by atoms with Crippen LogP contribution < -0.4 is 5.32 Å². The van der Waals surface area contributed by atoms with E-state index in [-0.39, 0.29) is 0 Å². The smallest absolute Gasteiger partial charge is 0.194 e. The van der Waals surface area contributed by atoms with Gasteiger partial charge in [0.2, 0.25) is 0 Å². The number of methoxy groups -OCH3 is 1. The van der Waals surface area contributed by atoms with Crippen molar-refractivity contribution in [3.8, 4) is 0 Å². The van der Waals surface area contributed by atoms with Gasteiger partial charge in [0.25, 0.3) is 0 Å². The van der Waals surface area contributed by atoms with E-state index in [0.29, 0.717) is 12.6 Å². The zero-order valence-corrected chi connectivity index (χ0v) is 15.8. The van der Waals surface area contributed by atoms with Crippen molar-refractivity contribution in [1.29, 1.82) is 0 Å². The summed E-state index contributed by atoms with van der Waals surface area (Å²) in [4.78, 5) is 7.01. The summed E-state index contributed by atoms with van der Waals surface area (Å²) in [5.41, 5.74) is 0.974. The largest absolute Gasteiger partial charge is 0.385 e. The van der Waals surface area contributed by atoms with Crippen LogP contribution in [0.3, 0.4) is 0 Å². The van der Waals surface area contributed by atoms with E-state index < -0.39 is 0 Å². The fourth-order valence-electron chi connectivity index (χ4n) is 2.86. The quantitative estimate of drug-likeness (QED) is 0.417. The zero-order chi connectivity index (χ0) is 17.9. The maximum atomic E-state index is 5.93. The predicted octanol–water partition coefficient (Wildman–Crippen LogP) is 2.22. The number of guanidine groups is 1. The molecule has 1 aliphatic rings. The van der Waals surface area contributed by atoms with E-state index in [1.165, 1.54) is 0 Å². The van der Waals surface area contributed by atoms with Gasteiger partial charge in [-0.05, 0) is 32.6 Å². The van der Waals surface area contributed by atoms with Crippen molar-refractivity contribution in [1.82, 2.24) is 15.4 Å². The first-order chi connectivity index (χ1) is 12.3. The van der Waals surface area contributed by atoms with Crippen molar-refractivity contribution < 1.29 is 14.0 Å². The van der Waals surface area contributed by atoms with Gasteiger partial charge in [0.15, 0.2) is 11.7 Å². The van der Waals surface area contributed by atoms with Crippen molar-refractivity contribution in [3.05, 3.63) is 17.5 Å². The number of nitrogens with one attached hydrogen (secondary N) is 1. The van der Waals surface area contributed by atoms with Gasteiger partial charge in [-0.15, -0.1) is 0 Å². The number of aromatic nitrogens is 1. The molecule has 1 saturated heterocycles. The summed E-state index contributed by atoms with van der Waals surface area (Å²) in [5.74, 6) is 1.75. The van der Waals surface area contributed by atoms with E-state index in [1.807, 2.05) is 6.07 Å². The van der Waals surface area contributed by atoms with E-state index in [1.54, 1.807) is 7.11 Å². The summed E-state index contributed by atoms with van der Waals surface area (Å²) in [5, 5.41) is 7.39. The van der Waals surface area contributed by atoms with E-state index >= 15 is 0 Å². The molecule has 0 spiro atoms. The first kappa shape index (κ1) is 19.7. The van der Waals surface area contributed by atoms with Crippen molar-refractivity contribution in [2.45, 2.75) is 52.2 Å². The molecule has 0 amide bonds. The highest BCUT2D eigenvalue weighted by molar-refractivity contribution is 5.80. The molecule has 0 radical (unpaired) electrons. The summed E-state index contributed by atoms with van der Waals surface area (Å²) in [6.07, 6.45) is 4.24. The Morgan fingerprint density at radius 3 is 2.80 bits per heavy atom. The van der Waals surface area contributed by atoms with Gasteiger partial charge in [-0.2, -0.15) is 0 Å². The first-order valence-electron chi connectivity index (χ1n) is 9.35. The Morgan fingerprint density at radius 1 is 1.36 bits per heavy atom. The van der Waals surface area contributed by atoms with Crippen LogP contribution in [0.4, 0.5) is 0 Å². The molecule has 0 atom stereocenters. The van der Waals surface area contributed by atoms with Gasteiger partial charge in [0, 0.05) is 46.0 Å². The van der Waals surface area contributed by atoms with Crippen molar-refractivity contribution >= 4 is 5.96 Å². The van der Waals surface area contributed by atoms with Crippen LogP contribution >= 0.6 is 0 Å². The summed E-state index contributed by atoms with van der Waals surface area (Å²) in [6.45, 7) is 8.97. The van der Waals surface area contributed by atoms with Crippen LogP contribution in [0.25, 0.3) is 0 Å². The Labute approximate surface area is 150 Å². The number of ether oxygens (including phenoxy) is 2. The summed E-state index contributed by atoms with van der Waals surface area (Å²) >= 11 is 0. The van der Waals surface area contributed by atoms with Crippen LogP contribution in [-0.4, -0.2) is 62.1 Å². The molecular formula is C18H32N4O3. The molecule has 1 aliphatic heterocycles. The molecular weight excluding hydrogens is 320 g/mol. The molecule has 0 aromatic carbocycles. The lowest BCUT2D eigenvalue weighted by atomic mass is 10.1. The molecule has 0 saturated carbocycles. The number of hydrogen-bond donors (Lipinski definition) is 1. The number of aliphatic imine (C=N–C) groups is 1. The summed E-state index contributed by atoms with van der Waals surface area (Å²) < 4.78 is 16.3. The monoisotopic (exact) mass is 352 g/mol. The van der Waals surface area contributed by atoms with Gasteiger partial charge >= 0.3 is 0 Å². The predicted molar refractivity (Wildman–Crippen MR) is 97.7 cm³/mol. The maximum absolute atomic E-state index is 5.93. The Bertz CT molecular complexity index is 510. The Morgan fingerprint density at radius 2 is 2.16 bits per heavy atom. The third-order valence-electron chi connectivity index (χ3n) is 4.28. The van der Waals surface area contributed by atoms with Gasteiger partial charge in [-0.1, -0.05) is 12.1 Å². The third kappa shape index (κ3) is 6.66.